The normalized spacial score (nSPS) is 6.86. The van der Waals surface area contributed by atoms with Gasteiger partial charge in [-0.2, -0.15) is 0 Å². The van der Waals surface area contributed by atoms with E-state index in [1.807, 2.05) is 0 Å². The van der Waals surface area contributed by atoms with Gasteiger partial charge in [0.15, 0.2) is 0 Å². The molecule has 0 aliphatic carbocycles. The van der Waals surface area contributed by atoms with Crippen LogP contribution in [-0.2, 0) is 9.53 Å². The average Bonchev–Trinajstić information content (AvgIpc) is 2.18. The molecule has 14 heavy (non-hydrogen) atoms. The highest BCUT2D eigenvalue weighted by atomic mass is 16.5. The summed E-state index contributed by atoms with van der Waals surface area (Å²) in [5.74, 6) is -0.211. The van der Waals surface area contributed by atoms with E-state index in [0.29, 0.717) is 6.61 Å². The van der Waals surface area contributed by atoms with Gasteiger partial charge in [0, 0.05) is 6.92 Å². The van der Waals surface area contributed by atoms with Gasteiger partial charge in [-0.15, -0.1) is 0 Å². The Kier molecular flexibility index (Phi) is 30.1. The maximum atomic E-state index is 9.82. The molecule has 2 N–H and O–H groups in total. The van der Waals surface area contributed by atoms with E-state index < -0.39 is 0 Å². The van der Waals surface area contributed by atoms with Crippen LogP contribution in [0.2, 0.25) is 0 Å². The van der Waals surface area contributed by atoms with Gasteiger partial charge in [-0.3, -0.25) is 4.79 Å². The van der Waals surface area contributed by atoms with Crippen LogP contribution < -0.4 is 0 Å². The summed E-state index contributed by atoms with van der Waals surface area (Å²) < 4.78 is 4.40. The molecule has 84 valence electrons. The molecule has 0 aliphatic rings. The van der Waals surface area contributed by atoms with Gasteiger partial charge in [0.25, 0.3) is 0 Å². The fourth-order valence-corrected chi connectivity index (χ4v) is 0.203. The summed E-state index contributed by atoms with van der Waals surface area (Å²) in [5, 5.41) is 15.2. The third-order valence-corrected chi connectivity index (χ3v) is 0.614. The lowest BCUT2D eigenvalue weighted by Crippen LogP contribution is -1.95. The molecule has 0 fully saturated rings. The van der Waals surface area contributed by atoms with Crippen LogP contribution >= 0.6 is 0 Å². The fourth-order valence-electron chi connectivity index (χ4n) is 0.203. The first-order chi connectivity index (χ1) is 6.60. The number of hydrogen-bond acceptors (Lipinski definition) is 4. The first-order valence-corrected chi connectivity index (χ1v) is 4.19. The average molecular weight is 204 g/mol. The molecule has 0 spiro atoms. The lowest BCUT2D eigenvalue weighted by Gasteiger charge is -1.89. The van der Waals surface area contributed by atoms with Crippen molar-refractivity contribution in [3.05, 3.63) is 25.3 Å². The van der Waals surface area contributed by atoms with Crippen LogP contribution in [0.5, 0.6) is 0 Å². The fraction of sp³-hybridized carbons (Fsp3) is 0.500. The molecule has 0 aromatic carbocycles. The molecule has 0 aromatic heterocycles. The van der Waals surface area contributed by atoms with Gasteiger partial charge < -0.3 is 14.9 Å². The van der Waals surface area contributed by atoms with Gasteiger partial charge >= 0.3 is 5.97 Å². The van der Waals surface area contributed by atoms with Gasteiger partial charge in [-0.05, 0) is 6.92 Å². The molecule has 0 unspecified atom stereocenters. The number of rotatable bonds is 3. The maximum Gasteiger partial charge on any atom is 0.302 e. The predicted octanol–water partition coefficient (Wildman–Crippen LogP) is 0.899. The van der Waals surface area contributed by atoms with Crippen LogP contribution in [0.3, 0.4) is 0 Å². The number of hydrogen-bond donors (Lipinski definition) is 2. The minimum Gasteiger partial charge on any atom is -0.466 e. The van der Waals surface area contributed by atoms with E-state index in [-0.39, 0.29) is 19.2 Å². The summed E-state index contributed by atoms with van der Waals surface area (Å²) in [6.45, 7) is 10.1. The molecule has 0 aliphatic heterocycles. The van der Waals surface area contributed by atoms with Gasteiger partial charge in [0.2, 0.25) is 0 Å². The topological polar surface area (TPSA) is 66.8 Å². The van der Waals surface area contributed by atoms with Gasteiger partial charge in [0.05, 0.1) is 19.8 Å². The van der Waals surface area contributed by atoms with E-state index in [0.717, 1.165) is 0 Å². The number of esters is 1. The molecule has 0 heterocycles. The van der Waals surface area contributed by atoms with Gasteiger partial charge in [-0.25, -0.2) is 0 Å². The Morgan fingerprint density at radius 1 is 1.29 bits per heavy atom. The van der Waals surface area contributed by atoms with Gasteiger partial charge in [0.1, 0.15) is 0 Å². The van der Waals surface area contributed by atoms with Crippen molar-refractivity contribution in [3.8, 4) is 0 Å². The highest BCUT2D eigenvalue weighted by Crippen LogP contribution is 1.69. The van der Waals surface area contributed by atoms with Crippen molar-refractivity contribution in [2.45, 2.75) is 13.8 Å². The van der Waals surface area contributed by atoms with Crippen molar-refractivity contribution >= 4 is 5.97 Å². The van der Waals surface area contributed by atoms with Crippen molar-refractivity contribution in [2.75, 3.05) is 19.8 Å². The summed E-state index contributed by atoms with van der Waals surface area (Å²) in [4.78, 5) is 9.82. The number of allylic oxidation sites excluding steroid dienone is 2. The van der Waals surface area contributed by atoms with Crippen LogP contribution in [0.25, 0.3) is 0 Å². The largest absolute Gasteiger partial charge is 0.466 e. The number of aliphatic hydroxyl groups is 2. The summed E-state index contributed by atoms with van der Waals surface area (Å²) in [7, 11) is 0. The monoisotopic (exact) mass is 204 g/mol. The minimum absolute atomic E-state index is 0.125. The first-order valence-electron chi connectivity index (χ1n) is 4.19. The van der Waals surface area contributed by atoms with E-state index >= 15 is 0 Å². The molecule has 0 aromatic rings. The highest BCUT2D eigenvalue weighted by molar-refractivity contribution is 5.65. The van der Waals surface area contributed by atoms with E-state index in [9.17, 15) is 4.79 Å². The van der Waals surface area contributed by atoms with Crippen molar-refractivity contribution < 1.29 is 19.7 Å². The molecule has 0 atom stereocenters. The molecular weight excluding hydrogens is 184 g/mol. The van der Waals surface area contributed by atoms with Crippen molar-refractivity contribution in [1.82, 2.24) is 0 Å². The summed E-state index contributed by atoms with van der Waals surface area (Å²) in [6, 6.07) is 0. The van der Waals surface area contributed by atoms with E-state index in [1.165, 1.54) is 6.92 Å². The van der Waals surface area contributed by atoms with Crippen molar-refractivity contribution in [1.29, 1.82) is 0 Å². The SMILES string of the molecule is C=CC=C.CCOC(C)=O.OCCO. The second-order valence-corrected chi connectivity index (χ2v) is 1.84. The standard InChI is InChI=1S/C4H8O2.C4H6.C2H6O2/c1-3-6-4(2)5;1-3-4-2;3-1-2-4/h3H2,1-2H3;2*3-4H,1-2H2. The summed E-state index contributed by atoms with van der Waals surface area (Å²) >= 11 is 0. The Labute approximate surface area is 85.5 Å². The molecule has 0 radical (unpaired) electrons. The number of aliphatic hydroxyl groups excluding tert-OH is 2. The lowest BCUT2D eigenvalue weighted by atomic mass is 10.6. The third-order valence-electron chi connectivity index (χ3n) is 0.614. The Bertz CT molecular complexity index is 124. The Morgan fingerprint density at radius 3 is 1.64 bits per heavy atom. The zero-order chi connectivity index (χ0) is 11.8. The van der Waals surface area contributed by atoms with Crippen molar-refractivity contribution in [2.24, 2.45) is 0 Å². The third kappa shape index (κ3) is 70.7. The second-order valence-electron chi connectivity index (χ2n) is 1.84. The zero-order valence-electron chi connectivity index (χ0n) is 8.90. The second kappa shape index (κ2) is 22.6. The highest BCUT2D eigenvalue weighted by Gasteiger charge is 1.81. The van der Waals surface area contributed by atoms with Crippen LogP contribution in [0.15, 0.2) is 25.3 Å². The van der Waals surface area contributed by atoms with Crippen LogP contribution in [0, 0.1) is 0 Å². The molecule has 4 heteroatoms. The molecule has 0 rings (SSSR count). The number of ether oxygens (including phenoxy) is 1. The van der Waals surface area contributed by atoms with Crippen LogP contribution in [0.4, 0.5) is 0 Å². The van der Waals surface area contributed by atoms with E-state index in [2.05, 4.69) is 17.9 Å². The lowest BCUT2D eigenvalue weighted by molar-refractivity contribution is -0.140. The summed E-state index contributed by atoms with van der Waals surface area (Å²) in [5.41, 5.74) is 0. The molecule has 4 nitrogen and oxygen atoms in total. The molecule has 0 bridgehead atoms. The Hall–Kier alpha value is -1.13. The van der Waals surface area contributed by atoms with Crippen molar-refractivity contribution in [3.63, 3.8) is 0 Å². The molecule has 0 saturated carbocycles. The zero-order valence-corrected chi connectivity index (χ0v) is 8.90. The molecular formula is C10H20O4. The minimum atomic E-state index is -0.211. The molecule has 0 amide bonds. The van der Waals surface area contributed by atoms with E-state index in [4.69, 9.17) is 10.2 Å². The maximum absolute atomic E-state index is 9.82. The number of carbonyl (C=O) groups excluding carboxylic acids is 1. The summed E-state index contributed by atoms with van der Waals surface area (Å²) in [6.07, 6.45) is 3.28. The smallest absolute Gasteiger partial charge is 0.302 e. The van der Waals surface area contributed by atoms with Crippen LogP contribution in [-0.4, -0.2) is 36.0 Å². The quantitative estimate of drug-likeness (QED) is 0.529. The first kappa shape index (κ1) is 18.6. The van der Waals surface area contributed by atoms with Crippen LogP contribution in [0.1, 0.15) is 13.8 Å². The molecule has 0 saturated heterocycles. The Morgan fingerprint density at radius 2 is 1.64 bits per heavy atom. The number of carbonyl (C=O) groups is 1. The van der Waals surface area contributed by atoms with Gasteiger partial charge in [-0.1, -0.05) is 25.3 Å². The Balaban J connectivity index is -0.000000135. The van der Waals surface area contributed by atoms with E-state index in [1.54, 1.807) is 19.1 Å². The predicted molar refractivity (Wildman–Crippen MR) is 56.9 cm³/mol.